The molecule has 0 saturated carbocycles. The molecule has 0 spiro atoms. The van der Waals surface area contributed by atoms with E-state index in [1.165, 1.54) is 35.1 Å². The van der Waals surface area contributed by atoms with Crippen LogP contribution in [0, 0.1) is 12.8 Å². The molecule has 84 valence electrons. The van der Waals surface area contributed by atoms with Crippen molar-refractivity contribution in [3.8, 4) is 0 Å². The van der Waals surface area contributed by atoms with Gasteiger partial charge in [-0.15, -0.1) is 0 Å². The zero-order chi connectivity index (χ0) is 11.3. The van der Waals surface area contributed by atoms with Crippen molar-refractivity contribution in [1.29, 1.82) is 0 Å². The molecule has 16 heavy (non-hydrogen) atoms. The molecule has 0 amide bonds. The number of hydrogen-bond donors (Lipinski definition) is 0. The second kappa shape index (κ2) is 3.38. The van der Waals surface area contributed by atoms with Crippen LogP contribution in [0.25, 0.3) is 6.08 Å². The Kier molecular flexibility index (Phi) is 2.10. The average molecular weight is 214 g/mol. The first kappa shape index (κ1) is 9.95. The number of hydrogen-bond acceptors (Lipinski definition) is 1. The van der Waals surface area contributed by atoms with Gasteiger partial charge in [-0.2, -0.15) is 0 Å². The van der Waals surface area contributed by atoms with Gasteiger partial charge in [-0.25, -0.2) is 0 Å². The van der Waals surface area contributed by atoms with Crippen LogP contribution in [0.4, 0.5) is 0 Å². The molecule has 0 N–H and O–H groups in total. The molecule has 3 rings (SSSR count). The lowest BCUT2D eigenvalue weighted by Gasteiger charge is -2.33. The van der Waals surface area contributed by atoms with Crippen LogP contribution >= 0.6 is 0 Å². The lowest BCUT2D eigenvalue weighted by molar-refractivity contribution is 0.463. The maximum absolute atomic E-state index is 5.64. The molecule has 1 aromatic heterocycles. The van der Waals surface area contributed by atoms with Gasteiger partial charge in [-0.3, -0.25) is 0 Å². The summed E-state index contributed by atoms with van der Waals surface area (Å²) in [4.78, 5) is 0. The van der Waals surface area contributed by atoms with Crippen molar-refractivity contribution >= 4 is 6.08 Å². The van der Waals surface area contributed by atoms with Gasteiger partial charge in [0.2, 0.25) is 0 Å². The third-order valence-electron chi connectivity index (χ3n) is 4.08. The van der Waals surface area contributed by atoms with E-state index in [0.29, 0.717) is 11.8 Å². The van der Waals surface area contributed by atoms with E-state index in [4.69, 9.17) is 4.42 Å². The molecule has 0 fully saturated rings. The average Bonchev–Trinajstić information content (AvgIpc) is 2.60. The Labute approximate surface area is 96.8 Å². The molecule has 1 heterocycles. The fraction of sp³-hybridized carbons (Fsp3) is 0.467. The van der Waals surface area contributed by atoms with Gasteiger partial charge < -0.3 is 4.42 Å². The lowest BCUT2D eigenvalue weighted by atomic mass is 9.70. The lowest BCUT2D eigenvalue weighted by Crippen LogP contribution is -2.20. The van der Waals surface area contributed by atoms with Gasteiger partial charge >= 0.3 is 0 Å². The van der Waals surface area contributed by atoms with Crippen molar-refractivity contribution in [2.45, 2.75) is 39.5 Å². The number of furan rings is 1. The molecule has 0 radical (unpaired) electrons. The number of fused-ring (bicyclic) bond motifs is 3. The molecule has 0 aliphatic heterocycles. The maximum atomic E-state index is 5.64. The normalized spacial score (nSPS) is 27.9. The summed E-state index contributed by atoms with van der Waals surface area (Å²) >= 11 is 0. The molecular weight excluding hydrogens is 196 g/mol. The highest BCUT2D eigenvalue weighted by molar-refractivity contribution is 5.60. The Morgan fingerprint density at radius 2 is 2.06 bits per heavy atom. The van der Waals surface area contributed by atoms with Crippen molar-refractivity contribution in [2.75, 3.05) is 0 Å². The van der Waals surface area contributed by atoms with Crippen LogP contribution in [0.1, 0.15) is 49.5 Å². The molecule has 0 aromatic carbocycles. The van der Waals surface area contributed by atoms with E-state index in [2.05, 4.69) is 32.9 Å². The van der Waals surface area contributed by atoms with Crippen LogP contribution in [0.2, 0.25) is 0 Å². The summed E-state index contributed by atoms with van der Waals surface area (Å²) in [5, 5.41) is 0. The van der Waals surface area contributed by atoms with Crippen LogP contribution in [-0.2, 0) is 0 Å². The zero-order valence-electron chi connectivity index (χ0n) is 10.2. The standard InChI is InChI=1S/C15H18O/c1-9-4-5-12-10(2)7-14-15(13(12)6-9)11(3)8-16-14/h6-8,12-13H,4-5H2,1-3H3. The summed E-state index contributed by atoms with van der Waals surface area (Å²) < 4.78 is 5.64. The van der Waals surface area contributed by atoms with Gasteiger partial charge in [0.25, 0.3) is 0 Å². The second-order valence-electron chi connectivity index (χ2n) is 5.27. The Hall–Kier alpha value is -1.24. The smallest absolute Gasteiger partial charge is 0.130 e. The number of aryl methyl sites for hydroxylation is 1. The van der Waals surface area contributed by atoms with Crippen molar-refractivity contribution in [2.24, 2.45) is 5.92 Å². The largest absolute Gasteiger partial charge is 0.464 e. The predicted molar refractivity (Wildman–Crippen MR) is 66.3 cm³/mol. The summed E-state index contributed by atoms with van der Waals surface area (Å²) in [5.74, 6) is 2.35. The molecule has 1 aromatic rings. The van der Waals surface area contributed by atoms with Gasteiger partial charge in [0, 0.05) is 11.5 Å². The fourth-order valence-corrected chi connectivity index (χ4v) is 3.19. The molecule has 2 atom stereocenters. The first-order valence-corrected chi connectivity index (χ1v) is 6.10. The van der Waals surface area contributed by atoms with E-state index in [1.807, 2.05) is 6.26 Å². The number of rotatable bonds is 0. The number of allylic oxidation sites excluding steroid dienone is 3. The van der Waals surface area contributed by atoms with E-state index < -0.39 is 0 Å². The molecule has 2 unspecified atom stereocenters. The van der Waals surface area contributed by atoms with Gasteiger partial charge in [0.05, 0.1) is 6.26 Å². The SMILES string of the molecule is CC1=CC2c3c(C)coc3C=C(C)C2CC1. The van der Waals surface area contributed by atoms with Crippen LogP contribution in [0.15, 0.2) is 27.9 Å². The maximum Gasteiger partial charge on any atom is 0.130 e. The summed E-state index contributed by atoms with van der Waals surface area (Å²) in [6, 6.07) is 0. The van der Waals surface area contributed by atoms with Crippen LogP contribution < -0.4 is 0 Å². The Morgan fingerprint density at radius 1 is 1.25 bits per heavy atom. The van der Waals surface area contributed by atoms with E-state index in [9.17, 15) is 0 Å². The minimum atomic E-state index is 0.562. The summed E-state index contributed by atoms with van der Waals surface area (Å²) in [6.07, 6.45) is 9.12. The highest BCUT2D eigenvalue weighted by atomic mass is 16.3. The van der Waals surface area contributed by atoms with Crippen molar-refractivity contribution in [1.82, 2.24) is 0 Å². The van der Waals surface area contributed by atoms with E-state index in [-0.39, 0.29) is 0 Å². The van der Waals surface area contributed by atoms with Crippen LogP contribution in [0.3, 0.4) is 0 Å². The van der Waals surface area contributed by atoms with Gasteiger partial charge in [-0.05, 0) is 51.2 Å². The molecule has 2 aliphatic rings. The van der Waals surface area contributed by atoms with Gasteiger partial charge in [-0.1, -0.05) is 17.2 Å². The highest BCUT2D eigenvalue weighted by Gasteiger charge is 2.33. The molecule has 1 heteroatoms. The Balaban J connectivity index is 2.18. The summed E-state index contributed by atoms with van der Waals surface area (Å²) in [7, 11) is 0. The van der Waals surface area contributed by atoms with E-state index in [1.54, 1.807) is 0 Å². The first-order valence-electron chi connectivity index (χ1n) is 6.10. The molecule has 2 aliphatic carbocycles. The van der Waals surface area contributed by atoms with Crippen LogP contribution in [-0.4, -0.2) is 0 Å². The quantitative estimate of drug-likeness (QED) is 0.582. The Morgan fingerprint density at radius 3 is 2.88 bits per heavy atom. The minimum absolute atomic E-state index is 0.562. The molecule has 0 saturated heterocycles. The third kappa shape index (κ3) is 1.31. The predicted octanol–water partition coefficient (Wildman–Crippen LogP) is 4.44. The van der Waals surface area contributed by atoms with Crippen molar-refractivity contribution < 1.29 is 4.42 Å². The summed E-state index contributed by atoms with van der Waals surface area (Å²) in [5.41, 5.74) is 5.74. The van der Waals surface area contributed by atoms with Crippen molar-refractivity contribution in [3.63, 3.8) is 0 Å². The summed E-state index contributed by atoms with van der Waals surface area (Å²) in [6.45, 7) is 6.65. The fourth-order valence-electron chi connectivity index (χ4n) is 3.19. The molecular formula is C15H18O. The monoisotopic (exact) mass is 214 g/mol. The first-order chi connectivity index (χ1) is 7.66. The minimum Gasteiger partial charge on any atom is -0.464 e. The van der Waals surface area contributed by atoms with Gasteiger partial charge in [0.1, 0.15) is 5.76 Å². The molecule has 0 bridgehead atoms. The second-order valence-corrected chi connectivity index (χ2v) is 5.27. The topological polar surface area (TPSA) is 13.1 Å². The third-order valence-corrected chi connectivity index (χ3v) is 4.08. The Bertz CT molecular complexity index is 488. The van der Waals surface area contributed by atoms with E-state index >= 15 is 0 Å². The van der Waals surface area contributed by atoms with Gasteiger partial charge in [0.15, 0.2) is 0 Å². The highest BCUT2D eigenvalue weighted by Crippen LogP contribution is 2.46. The van der Waals surface area contributed by atoms with E-state index in [0.717, 1.165) is 5.76 Å². The zero-order valence-corrected chi connectivity index (χ0v) is 10.2. The van der Waals surface area contributed by atoms with Crippen molar-refractivity contribution in [3.05, 3.63) is 40.4 Å². The van der Waals surface area contributed by atoms with Crippen LogP contribution in [0.5, 0.6) is 0 Å². The molecule has 1 nitrogen and oxygen atoms in total.